The summed E-state index contributed by atoms with van der Waals surface area (Å²) in [6, 6.07) is 1.38. The van der Waals surface area contributed by atoms with Gasteiger partial charge in [0.1, 0.15) is 0 Å². The zero-order chi connectivity index (χ0) is 10.8. The fourth-order valence-electron chi connectivity index (χ4n) is 2.70. The summed E-state index contributed by atoms with van der Waals surface area (Å²) in [7, 11) is 0. The fraction of sp³-hybridized carbons (Fsp3) is 1.00. The Morgan fingerprint density at radius 3 is 2.20 bits per heavy atom. The van der Waals surface area contributed by atoms with E-state index in [-0.39, 0.29) is 0 Å². The van der Waals surface area contributed by atoms with Gasteiger partial charge in [0.05, 0.1) is 13.2 Å². The van der Waals surface area contributed by atoms with Crippen LogP contribution in [0.15, 0.2) is 0 Å². The van der Waals surface area contributed by atoms with Crippen molar-refractivity contribution in [3.8, 4) is 0 Å². The molecule has 3 heteroatoms. The van der Waals surface area contributed by atoms with E-state index in [0.717, 1.165) is 19.1 Å². The van der Waals surface area contributed by atoms with Gasteiger partial charge in [-0.05, 0) is 19.8 Å². The van der Waals surface area contributed by atoms with E-state index < -0.39 is 0 Å². The lowest BCUT2D eigenvalue weighted by molar-refractivity contribution is 0.0640. The number of piperazine rings is 1. The zero-order valence-corrected chi connectivity index (χ0v) is 10.3. The Bertz CT molecular complexity index is 200. The minimum atomic E-state index is 0.680. The average Bonchev–Trinajstić information content (AvgIpc) is 2.65. The topological polar surface area (TPSA) is 15.7 Å². The summed E-state index contributed by atoms with van der Waals surface area (Å²) in [5.41, 5.74) is 0. The highest BCUT2D eigenvalue weighted by atomic mass is 16.5. The van der Waals surface area contributed by atoms with Crippen molar-refractivity contribution in [1.29, 1.82) is 0 Å². The molecule has 0 aromatic rings. The highest BCUT2D eigenvalue weighted by molar-refractivity contribution is 4.85. The number of hydrogen-bond donors (Lipinski definition) is 0. The normalized spacial score (nSPS) is 35.2. The first-order valence-electron chi connectivity index (χ1n) is 6.24. The van der Waals surface area contributed by atoms with E-state index >= 15 is 0 Å². The van der Waals surface area contributed by atoms with E-state index in [1.807, 2.05) is 0 Å². The molecule has 0 N–H and O–H groups in total. The zero-order valence-electron chi connectivity index (χ0n) is 10.3. The highest BCUT2D eigenvalue weighted by Crippen LogP contribution is 2.20. The molecule has 15 heavy (non-hydrogen) atoms. The second-order valence-electron chi connectivity index (χ2n) is 5.25. The van der Waals surface area contributed by atoms with Gasteiger partial charge in [-0.1, -0.05) is 6.92 Å². The van der Waals surface area contributed by atoms with Crippen molar-refractivity contribution in [2.75, 3.05) is 39.4 Å². The molecular formula is C12H24N2O. The lowest BCUT2D eigenvalue weighted by Crippen LogP contribution is -2.53. The largest absolute Gasteiger partial charge is 0.379 e. The number of rotatable bonds is 2. The van der Waals surface area contributed by atoms with Crippen molar-refractivity contribution < 1.29 is 4.74 Å². The van der Waals surface area contributed by atoms with Crippen molar-refractivity contribution in [3.05, 3.63) is 0 Å². The molecule has 2 fully saturated rings. The van der Waals surface area contributed by atoms with Crippen molar-refractivity contribution in [2.24, 2.45) is 5.92 Å². The van der Waals surface area contributed by atoms with E-state index in [0.29, 0.717) is 12.1 Å². The molecule has 2 heterocycles. The van der Waals surface area contributed by atoms with E-state index in [4.69, 9.17) is 4.74 Å². The molecule has 2 saturated heterocycles. The monoisotopic (exact) mass is 212 g/mol. The maximum atomic E-state index is 5.54. The Labute approximate surface area is 93.4 Å². The van der Waals surface area contributed by atoms with Gasteiger partial charge >= 0.3 is 0 Å². The van der Waals surface area contributed by atoms with Gasteiger partial charge in [-0.3, -0.25) is 9.80 Å². The van der Waals surface area contributed by atoms with Crippen LogP contribution < -0.4 is 0 Å². The van der Waals surface area contributed by atoms with Crippen LogP contribution in [0.1, 0.15) is 20.8 Å². The molecule has 2 aliphatic heterocycles. The van der Waals surface area contributed by atoms with Crippen molar-refractivity contribution in [3.63, 3.8) is 0 Å². The van der Waals surface area contributed by atoms with Gasteiger partial charge in [-0.15, -0.1) is 0 Å². The molecule has 0 aliphatic carbocycles. The third-order valence-electron chi connectivity index (χ3n) is 3.87. The van der Waals surface area contributed by atoms with Crippen LogP contribution >= 0.6 is 0 Å². The minimum absolute atomic E-state index is 0.680. The SMILES string of the molecule is CC(C)N1CCN(C2COC[C@@H]2C)CC1. The van der Waals surface area contributed by atoms with E-state index in [1.54, 1.807) is 0 Å². The number of hydrogen-bond acceptors (Lipinski definition) is 3. The molecule has 2 aliphatic rings. The van der Waals surface area contributed by atoms with Crippen molar-refractivity contribution in [2.45, 2.75) is 32.9 Å². The fourth-order valence-corrected chi connectivity index (χ4v) is 2.70. The molecule has 3 nitrogen and oxygen atoms in total. The van der Waals surface area contributed by atoms with Crippen LogP contribution in [0.2, 0.25) is 0 Å². The summed E-state index contributed by atoms with van der Waals surface area (Å²) in [4.78, 5) is 5.19. The van der Waals surface area contributed by atoms with Gasteiger partial charge < -0.3 is 4.74 Å². The maximum absolute atomic E-state index is 5.54. The molecule has 0 aromatic carbocycles. The highest BCUT2D eigenvalue weighted by Gasteiger charge is 2.32. The van der Waals surface area contributed by atoms with Crippen LogP contribution in [0.4, 0.5) is 0 Å². The Kier molecular flexibility index (Phi) is 3.65. The van der Waals surface area contributed by atoms with Crippen LogP contribution in [-0.4, -0.2) is 61.3 Å². The molecule has 0 aromatic heterocycles. The lowest BCUT2D eigenvalue weighted by atomic mass is 10.0. The summed E-state index contributed by atoms with van der Waals surface area (Å²) in [6.45, 7) is 13.7. The predicted octanol–water partition coefficient (Wildman–Crippen LogP) is 1.05. The van der Waals surface area contributed by atoms with Crippen LogP contribution in [0.25, 0.3) is 0 Å². The molecule has 0 saturated carbocycles. The third-order valence-corrected chi connectivity index (χ3v) is 3.87. The van der Waals surface area contributed by atoms with Crippen LogP contribution in [0.5, 0.6) is 0 Å². The summed E-state index contributed by atoms with van der Waals surface area (Å²) >= 11 is 0. The Morgan fingerprint density at radius 1 is 1.07 bits per heavy atom. The quantitative estimate of drug-likeness (QED) is 0.680. The van der Waals surface area contributed by atoms with Crippen LogP contribution in [-0.2, 0) is 4.74 Å². The first-order chi connectivity index (χ1) is 7.18. The molecule has 0 bridgehead atoms. The summed E-state index contributed by atoms with van der Waals surface area (Å²) in [5, 5.41) is 0. The Balaban J connectivity index is 1.82. The smallest absolute Gasteiger partial charge is 0.0625 e. The van der Waals surface area contributed by atoms with Crippen LogP contribution in [0, 0.1) is 5.92 Å². The third kappa shape index (κ3) is 2.52. The Morgan fingerprint density at radius 2 is 1.73 bits per heavy atom. The molecule has 0 spiro atoms. The van der Waals surface area contributed by atoms with Gasteiger partial charge in [0.15, 0.2) is 0 Å². The van der Waals surface area contributed by atoms with Gasteiger partial charge in [-0.25, -0.2) is 0 Å². The van der Waals surface area contributed by atoms with E-state index in [2.05, 4.69) is 30.6 Å². The average molecular weight is 212 g/mol. The molecular weight excluding hydrogens is 188 g/mol. The minimum Gasteiger partial charge on any atom is -0.379 e. The molecule has 0 radical (unpaired) electrons. The predicted molar refractivity (Wildman–Crippen MR) is 62.1 cm³/mol. The van der Waals surface area contributed by atoms with Gasteiger partial charge in [0.2, 0.25) is 0 Å². The van der Waals surface area contributed by atoms with Crippen molar-refractivity contribution >= 4 is 0 Å². The van der Waals surface area contributed by atoms with Gasteiger partial charge in [0.25, 0.3) is 0 Å². The molecule has 2 atom stereocenters. The molecule has 0 amide bonds. The first kappa shape index (κ1) is 11.4. The van der Waals surface area contributed by atoms with E-state index in [9.17, 15) is 0 Å². The summed E-state index contributed by atoms with van der Waals surface area (Å²) in [6.07, 6.45) is 0. The molecule has 2 rings (SSSR count). The van der Waals surface area contributed by atoms with E-state index in [1.165, 1.54) is 26.2 Å². The maximum Gasteiger partial charge on any atom is 0.0625 e. The van der Waals surface area contributed by atoms with Gasteiger partial charge in [0, 0.05) is 38.3 Å². The number of ether oxygens (including phenoxy) is 1. The Hall–Kier alpha value is -0.120. The summed E-state index contributed by atoms with van der Waals surface area (Å²) in [5.74, 6) is 0.718. The standard InChI is InChI=1S/C12H24N2O/c1-10(2)13-4-6-14(7-5-13)12-9-15-8-11(12)3/h10-12H,4-9H2,1-3H3/t11-,12?/m0/s1. The van der Waals surface area contributed by atoms with Crippen molar-refractivity contribution in [1.82, 2.24) is 9.80 Å². The second-order valence-corrected chi connectivity index (χ2v) is 5.25. The molecule has 88 valence electrons. The number of nitrogens with zero attached hydrogens (tertiary/aromatic N) is 2. The van der Waals surface area contributed by atoms with Crippen LogP contribution in [0.3, 0.4) is 0 Å². The second kappa shape index (κ2) is 4.81. The van der Waals surface area contributed by atoms with Gasteiger partial charge in [-0.2, -0.15) is 0 Å². The first-order valence-corrected chi connectivity index (χ1v) is 6.24. The summed E-state index contributed by atoms with van der Waals surface area (Å²) < 4.78 is 5.54. The molecule has 1 unspecified atom stereocenters. The lowest BCUT2D eigenvalue weighted by Gasteiger charge is -2.40.